The predicted octanol–water partition coefficient (Wildman–Crippen LogP) is 8.87. The second kappa shape index (κ2) is 21.1. The van der Waals surface area contributed by atoms with Gasteiger partial charge in [-0.05, 0) is 66.2 Å². The van der Waals surface area contributed by atoms with Gasteiger partial charge in [-0.25, -0.2) is 24.3 Å². The summed E-state index contributed by atoms with van der Waals surface area (Å²) in [6, 6.07) is 0. The molecule has 0 amide bonds. The van der Waals surface area contributed by atoms with Crippen molar-refractivity contribution in [1.29, 1.82) is 0 Å². The van der Waals surface area contributed by atoms with Crippen LogP contribution in [0.25, 0.3) is 0 Å². The predicted molar refractivity (Wildman–Crippen MR) is 145 cm³/mol. The lowest BCUT2D eigenvalue weighted by atomic mass is 10.0. The molecule has 0 aromatic carbocycles. The molecule has 2 unspecified atom stereocenters. The van der Waals surface area contributed by atoms with E-state index in [9.17, 15) is 4.79 Å². The summed E-state index contributed by atoms with van der Waals surface area (Å²) in [5, 5.41) is 0. The highest BCUT2D eigenvalue weighted by atomic mass is 17.2. The van der Waals surface area contributed by atoms with Gasteiger partial charge in [-0.1, -0.05) is 79.1 Å². The summed E-state index contributed by atoms with van der Waals surface area (Å²) in [6.45, 7) is 16.9. The number of unbranched alkanes of at least 4 members (excludes halogenated alkanes) is 6. The maximum atomic E-state index is 12.7. The number of carbonyl (C=O) groups is 1. The molecule has 0 aromatic heterocycles. The van der Waals surface area contributed by atoms with Crippen molar-refractivity contribution in [2.45, 2.75) is 169 Å². The first-order valence-corrected chi connectivity index (χ1v) is 14.6. The second-order valence-electron chi connectivity index (χ2n) is 11.2. The molecule has 0 saturated heterocycles. The summed E-state index contributed by atoms with van der Waals surface area (Å²) in [5.74, 6) is 0. The zero-order valence-electron chi connectivity index (χ0n) is 24.8. The van der Waals surface area contributed by atoms with E-state index in [1.54, 1.807) is 0 Å². The van der Waals surface area contributed by atoms with Gasteiger partial charge in [0.2, 0.25) is 0 Å². The van der Waals surface area contributed by atoms with Crippen LogP contribution in [-0.2, 0) is 29.0 Å². The van der Waals surface area contributed by atoms with Gasteiger partial charge in [0, 0.05) is 0 Å². The summed E-state index contributed by atoms with van der Waals surface area (Å²) < 4.78 is 11.4. The summed E-state index contributed by atoms with van der Waals surface area (Å²) in [6.07, 6.45) is 12.3. The Morgan fingerprint density at radius 1 is 0.583 bits per heavy atom. The Kier molecular flexibility index (Phi) is 20.6. The van der Waals surface area contributed by atoms with E-state index < -0.39 is 18.4 Å². The molecule has 0 heterocycles. The summed E-state index contributed by atoms with van der Waals surface area (Å²) in [7, 11) is 0. The molecule has 0 N–H and O–H groups in total. The van der Waals surface area contributed by atoms with Crippen LogP contribution in [0.3, 0.4) is 0 Å². The van der Waals surface area contributed by atoms with E-state index in [1.165, 1.54) is 0 Å². The van der Waals surface area contributed by atoms with Crippen molar-refractivity contribution < 1.29 is 33.8 Å². The zero-order chi connectivity index (χ0) is 27.3. The topological polar surface area (TPSA) is 72.5 Å². The molecule has 0 aromatic rings. The SMILES string of the molecule is CCCCCCC(COOC(C)(C)CCC)OC(=O)OC(CCCCCC)COOC(C)(C)CCC. The van der Waals surface area contributed by atoms with Crippen molar-refractivity contribution in [3.63, 3.8) is 0 Å². The van der Waals surface area contributed by atoms with E-state index in [-0.39, 0.29) is 24.4 Å². The molecule has 0 spiro atoms. The van der Waals surface area contributed by atoms with Crippen molar-refractivity contribution in [1.82, 2.24) is 0 Å². The normalized spacial score (nSPS) is 14.0. The average Bonchev–Trinajstić information content (AvgIpc) is 2.78. The first kappa shape index (κ1) is 35.1. The van der Waals surface area contributed by atoms with Crippen molar-refractivity contribution >= 4 is 6.16 Å². The minimum Gasteiger partial charge on any atom is -0.428 e. The minimum atomic E-state index is -0.691. The molecule has 2 atom stereocenters. The van der Waals surface area contributed by atoms with Crippen LogP contribution in [0.15, 0.2) is 0 Å². The van der Waals surface area contributed by atoms with Crippen molar-refractivity contribution in [3.8, 4) is 0 Å². The van der Waals surface area contributed by atoms with Crippen LogP contribution in [0.1, 0.15) is 145 Å². The molecule has 0 radical (unpaired) electrons. The molecule has 36 heavy (non-hydrogen) atoms. The van der Waals surface area contributed by atoms with Crippen molar-refractivity contribution in [3.05, 3.63) is 0 Å². The maximum absolute atomic E-state index is 12.7. The Balaban J connectivity index is 4.90. The van der Waals surface area contributed by atoms with Gasteiger partial charge in [0.25, 0.3) is 0 Å². The third kappa shape index (κ3) is 20.2. The molecular formula is C29H58O7. The van der Waals surface area contributed by atoms with Crippen LogP contribution in [0, 0.1) is 0 Å². The molecule has 0 bridgehead atoms. The third-order valence-corrected chi connectivity index (χ3v) is 6.07. The Labute approximate surface area is 222 Å². The molecule has 7 heteroatoms. The Morgan fingerprint density at radius 3 is 1.31 bits per heavy atom. The lowest BCUT2D eigenvalue weighted by Gasteiger charge is -2.26. The smallest absolute Gasteiger partial charge is 0.428 e. The van der Waals surface area contributed by atoms with Gasteiger partial charge >= 0.3 is 6.16 Å². The van der Waals surface area contributed by atoms with Crippen LogP contribution < -0.4 is 0 Å². The molecule has 0 aliphatic carbocycles. The largest absolute Gasteiger partial charge is 0.508 e. The lowest BCUT2D eigenvalue weighted by molar-refractivity contribution is -0.364. The van der Waals surface area contributed by atoms with Crippen LogP contribution in [-0.4, -0.2) is 42.8 Å². The standard InChI is InChI=1S/C29H58O7/c1-9-13-15-17-19-25(23-31-35-28(5,6)21-11-3)33-27(30)34-26(20-18-16-14-10-2)24-32-36-29(7,8)22-12-4/h25-26H,9-24H2,1-8H3. The highest BCUT2D eigenvalue weighted by Crippen LogP contribution is 2.20. The van der Waals surface area contributed by atoms with E-state index in [1.807, 2.05) is 27.7 Å². The number of hydrogen-bond donors (Lipinski definition) is 0. The highest BCUT2D eigenvalue weighted by molar-refractivity contribution is 5.60. The van der Waals surface area contributed by atoms with Gasteiger partial charge in [0.05, 0.1) is 11.2 Å². The highest BCUT2D eigenvalue weighted by Gasteiger charge is 2.25. The Morgan fingerprint density at radius 2 is 0.972 bits per heavy atom. The van der Waals surface area contributed by atoms with E-state index in [0.29, 0.717) is 12.8 Å². The first-order chi connectivity index (χ1) is 17.1. The molecule has 0 fully saturated rings. The number of hydrogen-bond acceptors (Lipinski definition) is 7. The minimum absolute atomic E-state index is 0.181. The van der Waals surface area contributed by atoms with Gasteiger partial charge in [-0.2, -0.15) is 0 Å². The van der Waals surface area contributed by atoms with Gasteiger partial charge in [0.1, 0.15) is 25.4 Å². The maximum Gasteiger partial charge on any atom is 0.508 e. The van der Waals surface area contributed by atoms with Crippen molar-refractivity contribution in [2.75, 3.05) is 13.2 Å². The molecular weight excluding hydrogens is 460 g/mol. The zero-order valence-corrected chi connectivity index (χ0v) is 24.8. The van der Waals surface area contributed by atoms with Gasteiger partial charge in [0.15, 0.2) is 0 Å². The second-order valence-corrected chi connectivity index (χ2v) is 11.2. The quantitative estimate of drug-likeness (QED) is 0.0546. The average molecular weight is 519 g/mol. The van der Waals surface area contributed by atoms with Crippen LogP contribution in [0.4, 0.5) is 4.79 Å². The monoisotopic (exact) mass is 518 g/mol. The van der Waals surface area contributed by atoms with E-state index in [0.717, 1.165) is 77.0 Å². The molecule has 0 rings (SSSR count). The van der Waals surface area contributed by atoms with E-state index >= 15 is 0 Å². The summed E-state index contributed by atoms with van der Waals surface area (Å²) in [5.41, 5.74) is -0.761. The van der Waals surface area contributed by atoms with Gasteiger partial charge in [-0.3, -0.25) is 0 Å². The number of carbonyl (C=O) groups excluding carboxylic acids is 1. The summed E-state index contributed by atoms with van der Waals surface area (Å²) in [4.78, 5) is 35.0. The fraction of sp³-hybridized carbons (Fsp3) is 0.966. The van der Waals surface area contributed by atoms with Crippen LogP contribution >= 0.6 is 0 Å². The summed E-state index contributed by atoms with van der Waals surface area (Å²) >= 11 is 0. The Bertz CT molecular complexity index is 478. The molecule has 0 saturated carbocycles. The Hall–Kier alpha value is -0.890. The van der Waals surface area contributed by atoms with Gasteiger partial charge in [-0.15, -0.1) is 0 Å². The molecule has 0 aliphatic rings. The molecule has 0 aliphatic heterocycles. The first-order valence-electron chi connectivity index (χ1n) is 14.6. The fourth-order valence-electron chi connectivity index (χ4n) is 4.08. The molecule has 7 nitrogen and oxygen atoms in total. The third-order valence-electron chi connectivity index (χ3n) is 6.07. The fourth-order valence-corrected chi connectivity index (χ4v) is 4.08. The number of ether oxygens (including phenoxy) is 2. The van der Waals surface area contributed by atoms with Crippen LogP contribution in [0.5, 0.6) is 0 Å². The van der Waals surface area contributed by atoms with Crippen molar-refractivity contribution in [2.24, 2.45) is 0 Å². The van der Waals surface area contributed by atoms with E-state index in [2.05, 4.69) is 27.7 Å². The van der Waals surface area contributed by atoms with Gasteiger partial charge < -0.3 is 9.47 Å². The van der Waals surface area contributed by atoms with Crippen LogP contribution in [0.2, 0.25) is 0 Å². The van der Waals surface area contributed by atoms with E-state index in [4.69, 9.17) is 29.0 Å². The molecule has 216 valence electrons. The number of rotatable bonds is 24. The lowest BCUT2D eigenvalue weighted by Crippen LogP contribution is -2.32.